The van der Waals surface area contributed by atoms with Crippen LogP contribution in [-0.4, -0.2) is 18.4 Å². The molecule has 4 heteroatoms. The second kappa shape index (κ2) is 8.46. The number of Topliss-reactive ketones (excluding diaryl/α,β-unsaturated/α-hetero) is 1. The molecule has 0 saturated heterocycles. The molecule has 0 radical (unpaired) electrons. The van der Waals surface area contributed by atoms with Crippen molar-refractivity contribution in [3.63, 3.8) is 0 Å². The monoisotopic (exact) mass is 342 g/mol. The van der Waals surface area contributed by atoms with E-state index in [0.29, 0.717) is 16.5 Å². The Hall–Kier alpha value is -2.39. The van der Waals surface area contributed by atoms with E-state index in [0.717, 1.165) is 5.56 Å². The molecule has 0 aliphatic carbocycles. The van der Waals surface area contributed by atoms with Crippen LogP contribution >= 0.6 is 11.6 Å². The Morgan fingerprint density at radius 2 is 1.67 bits per heavy atom. The van der Waals surface area contributed by atoms with E-state index in [1.165, 1.54) is 11.6 Å². The van der Waals surface area contributed by atoms with Gasteiger partial charge in [-0.25, -0.2) is 4.79 Å². The Morgan fingerprint density at radius 1 is 1.04 bits per heavy atom. The summed E-state index contributed by atoms with van der Waals surface area (Å²) in [7, 11) is 0. The van der Waals surface area contributed by atoms with Crippen molar-refractivity contribution in [2.24, 2.45) is 0 Å². The molecule has 24 heavy (non-hydrogen) atoms. The number of ether oxygens (including phenoxy) is 1. The van der Waals surface area contributed by atoms with Crippen LogP contribution in [0.3, 0.4) is 0 Å². The predicted octanol–water partition coefficient (Wildman–Crippen LogP) is 4.90. The molecule has 2 rings (SSSR count). The summed E-state index contributed by atoms with van der Waals surface area (Å²) in [6.07, 6.45) is 2.98. The lowest BCUT2D eigenvalue weighted by Crippen LogP contribution is -2.12. The number of rotatable bonds is 6. The molecule has 3 nitrogen and oxygen atoms in total. The molecule has 0 saturated carbocycles. The highest BCUT2D eigenvalue weighted by atomic mass is 35.5. The maximum Gasteiger partial charge on any atom is 0.331 e. The molecule has 2 aromatic carbocycles. The van der Waals surface area contributed by atoms with Gasteiger partial charge in [0.05, 0.1) is 0 Å². The molecule has 0 atom stereocenters. The highest BCUT2D eigenvalue weighted by Crippen LogP contribution is 2.15. The topological polar surface area (TPSA) is 43.4 Å². The largest absolute Gasteiger partial charge is 0.454 e. The fourth-order valence-corrected chi connectivity index (χ4v) is 2.19. The molecule has 0 fully saturated rings. The number of carbonyl (C=O) groups is 2. The van der Waals surface area contributed by atoms with Crippen molar-refractivity contribution >= 4 is 29.4 Å². The molecule has 0 amide bonds. The maximum absolute atomic E-state index is 11.9. The smallest absolute Gasteiger partial charge is 0.331 e. The number of hydrogen-bond donors (Lipinski definition) is 0. The zero-order chi connectivity index (χ0) is 17.5. The number of carbonyl (C=O) groups excluding carboxylic acids is 2. The summed E-state index contributed by atoms with van der Waals surface area (Å²) in [6.45, 7) is 3.96. The number of ketones is 1. The van der Waals surface area contributed by atoms with Crippen LogP contribution in [0.5, 0.6) is 0 Å². The third-order valence-corrected chi connectivity index (χ3v) is 3.78. The Balaban J connectivity index is 1.86. The van der Waals surface area contributed by atoms with Gasteiger partial charge in [-0.05, 0) is 47.4 Å². The highest BCUT2D eigenvalue weighted by molar-refractivity contribution is 6.30. The van der Waals surface area contributed by atoms with E-state index >= 15 is 0 Å². The van der Waals surface area contributed by atoms with Gasteiger partial charge in [0.1, 0.15) is 0 Å². The summed E-state index contributed by atoms with van der Waals surface area (Å²) in [4.78, 5) is 23.6. The predicted molar refractivity (Wildman–Crippen MR) is 96.3 cm³/mol. The quantitative estimate of drug-likeness (QED) is 0.426. The van der Waals surface area contributed by atoms with Crippen LogP contribution in [0.4, 0.5) is 0 Å². The molecule has 0 aliphatic rings. The Kier molecular flexibility index (Phi) is 6.33. The van der Waals surface area contributed by atoms with E-state index < -0.39 is 5.97 Å². The van der Waals surface area contributed by atoms with Gasteiger partial charge in [-0.15, -0.1) is 0 Å². The number of benzene rings is 2. The normalized spacial score (nSPS) is 11.0. The van der Waals surface area contributed by atoms with Crippen molar-refractivity contribution in [2.75, 3.05) is 6.61 Å². The second-order valence-electron chi connectivity index (χ2n) is 5.69. The Labute approximate surface area is 146 Å². The van der Waals surface area contributed by atoms with Gasteiger partial charge in [-0.2, -0.15) is 0 Å². The SMILES string of the molecule is CC(C)c1ccc(/C=C/C(=O)OCC(=O)c2ccc(Cl)cc2)cc1. The second-order valence-corrected chi connectivity index (χ2v) is 6.13. The lowest BCUT2D eigenvalue weighted by Gasteiger charge is -2.04. The average molecular weight is 343 g/mol. The third kappa shape index (κ3) is 5.36. The van der Waals surface area contributed by atoms with Crippen molar-refractivity contribution in [3.05, 3.63) is 76.3 Å². The minimum Gasteiger partial charge on any atom is -0.454 e. The van der Waals surface area contributed by atoms with E-state index in [4.69, 9.17) is 16.3 Å². The Morgan fingerprint density at radius 3 is 2.25 bits per heavy atom. The molecule has 0 aromatic heterocycles. The first-order valence-corrected chi connectivity index (χ1v) is 8.07. The van der Waals surface area contributed by atoms with Crippen molar-refractivity contribution in [3.8, 4) is 0 Å². The minimum absolute atomic E-state index is 0.269. The van der Waals surface area contributed by atoms with E-state index in [2.05, 4.69) is 13.8 Å². The van der Waals surface area contributed by atoms with Gasteiger partial charge < -0.3 is 4.74 Å². The van der Waals surface area contributed by atoms with Crippen molar-refractivity contribution < 1.29 is 14.3 Å². The first-order valence-electron chi connectivity index (χ1n) is 7.69. The van der Waals surface area contributed by atoms with Crippen molar-refractivity contribution in [1.82, 2.24) is 0 Å². The molecule has 0 aliphatic heterocycles. The van der Waals surface area contributed by atoms with Crippen LogP contribution in [0.25, 0.3) is 6.08 Å². The van der Waals surface area contributed by atoms with Gasteiger partial charge in [0, 0.05) is 16.7 Å². The summed E-state index contributed by atoms with van der Waals surface area (Å²) in [5.41, 5.74) is 2.60. The van der Waals surface area contributed by atoms with E-state index in [1.807, 2.05) is 24.3 Å². The number of halogens is 1. The lowest BCUT2D eigenvalue weighted by molar-refractivity contribution is -0.136. The van der Waals surface area contributed by atoms with Gasteiger partial charge in [0.25, 0.3) is 0 Å². The van der Waals surface area contributed by atoms with E-state index in [-0.39, 0.29) is 12.4 Å². The summed E-state index contributed by atoms with van der Waals surface area (Å²) in [5, 5.41) is 0.551. The van der Waals surface area contributed by atoms with Gasteiger partial charge in [0.2, 0.25) is 0 Å². The minimum atomic E-state index is -0.551. The summed E-state index contributed by atoms with van der Waals surface area (Å²) in [6, 6.07) is 14.4. The Bertz CT molecular complexity index is 728. The van der Waals surface area contributed by atoms with Crippen molar-refractivity contribution in [1.29, 1.82) is 0 Å². The van der Waals surface area contributed by atoms with Gasteiger partial charge in [0.15, 0.2) is 12.4 Å². The fourth-order valence-electron chi connectivity index (χ4n) is 2.06. The van der Waals surface area contributed by atoms with Crippen LogP contribution in [0, 0.1) is 0 Å². The number of hydrogen-bond acceptors (Lipinski definition) is 3. The molecule has 0 unspecified atom stereocenters. The van der Waals surface area contributed by atoms with Crippen LogP contribution in [0.15, 0.2) is 54.6 Å². The molecule has 0 spiro atoms. The molecule has 0 heterocycles. The fraction of sp³-hybridized carbons (Fsp3) is 0.200. The van der Waals surface area contributed by atoms with E-state index in [9.17, 15) is 9.59 Å². The summed E-state index contributed by atoms with van der Waals surface area (Å²) >= 11 is 5.76. The van der Waals surface area contributed by atoms with Gasteiger partial charge in [-0.1, -0.05) is 49.7 Å². The first-order chi connectivity index (χ1) is 11.5. The van der Waals surface area contributed by atoms with Crippen molar-refractivity contribution in [2.45, 2.75) is 19.8 Å². The molecule has 2 aromatic rings. The molecule has 124 valence electrons. The third-order valence-electron chi connectivity index (χ3n) is 3.53. The van der Waals surface area contributed by atoms with Crippen LogP contribution < -0.4 is 0 Å². The molecular formula is C20H19ClO3. The van der Waals surface area contributed by atoms with Gasteiger partial charge in [-0.3, -0.25) is 4.79 Å². The molecule has 0 N–H and O–H groups in total. The molecule has 0 bridgehead atoms. The van der Waals surface area contributed by atoms with Gasteiger partial charge >= 0.3 is 5.97 Å². The van der Waals surface area contributed by atoms with Crippen LogP contribution in [0.2, 0.25) is 5.02 Å². The number of esters is 1. The zero-order valence-corrected chi connectivity index (χ0v) is 14.4. The van der Waals surface area contributed by atoms with E-state index in [1.54, 1.807) is 30.3 Å². The summed E-state index contributed by atoms with van der Waals surface area (Å²) < 4.78 is 4.96. The lowest BCUT2D eigenvalue weighted by atomic mass is 10.0. The standard InChI is InChI=1S/C20H19ClO3/c1-14(2)16-6-3-15(4-7-16)5-12-20(23)24-13-19(22)17-8-10-18(21)11-9-17/h3-12,14H,13H2,1-2H3/b12-5+. The first kappa shape index (κ1) is 18.0. The van der Waals surface area contributed by atoms with Crippen LogP contribution in [-0.2, 0) is 9.53 Å². The summed E-state index contributed by atoms with van der Waals surface area (Å²) in [5.74, 6) is -0.355. The average Bonchev–Trinajstić information content (AvgIpc) is 2.58. The maximum atomic E-state index is 11.9. The highest BCUT2D eigenvalue weighted by Gasteiger charge is 2.08. The zero-order valence-electron chi connectivity index (χ0n) is 13.7. The molecular weight excluding hydrogens is 324 g/mol. The van der Waals surface area contributed by atoms with Crippen LogP contribution in [0.1, 0.15) is 41.3 Å².